The Morgan fingerprint density at radius 3 is 2.25 bits per heavy atom. The monoisotopic (exact) mass is 276 g/mol. The van der Waals surface area contributed by atoms with Crippen LogP contribution in [0.1, 0.15) is 46.1 Å². The second kappa shape index (κ2) is 4.83. The minimum atomic E-state index is -0.694. The Morgan fingerprint density at radius 2 is 1.80 bits per heavy atom. The van der Waals surface area contributed by atoms with Crippen molar-refractivity contribution in [1.29, 1.82) is 5.26 Å². The quantitative estimate of drug-likeness (QED) is 0.613. The number of halogens is 1. The third-order valence-corrected chi connectivity index (χ3v) is 4.05. The number of hydrogen-bond acceptors (Lipinski definition) is 4. The van der Waals surface area contributed by atoms with Crippen molar-refractivity contribution in [2.75, 3.05) is 0 Å². The maximum Gasteiger partial charge on any atom is 0.514 e. The van der Waals surface area contributed by atoms with Crippen molar-refractivity contribution in [3.63, 3.8) is 0 Å². The first-order valence-electron chi connectivity index (χ1n) is 6.59. The van der Waals surface area contributed by atoms with Crippen molar-refractivity contribution in [3.05, 3.63) is 23.6 Å². The molecule has 0 amide bonds. The van der Waals surface area contributed by atoms with Crippen LogP contribution < -0.4 is 5.59 Å². The fourth-order valence-electron chi connectivity index (χ4n) is 1.95. The third kappa shape index (κ3) is 2.44. The van der Waals surface area contributed by atoms with Gasteiger partial charge in [-0.3, -0.25) is 0 Å². The van der Waals surface area contributed by atoms with Crippen LogP contribution in [0.5, 0.6) is 0 Å². The molecular weight excluding hydrogens is 258 g/mol. The zero-order chi connectivity index (χ0) is 15.1. The van der Waals surface area contributed by atoms with E-state index in [1.54, 1.807) is 19.1 Å². The van der Waals surface area contributed by atoms with E-state index in [0.29, 0.717) is 5.59 Å². The van der Waals surface area contributed by atoms with Crippen molar-refractivity contribution in [2.45, 2.75) is 51.7 Å². The Kier molecular flexibility index (Phi) is 3.61. The van der Waals surface area contributed by atoms with E-state index in [4.69, 9.17) is 14.6 Å². The summed E-state index contributed by atoms with van der Waals surface area (Å²) < 4.78 is 25.6. The minimum absolute atomic E-state index is 0.285. The molecule has 0 aliphatic carbocycles. The van der Waals surface area contributed by atoms with Gasteiger partial charge in [0.1, 0.15) is 0 Å². The number of pyridine rings is 1. The average molecular weight is 276 g/mol. The summed E-state index contributed by atoms with van der Waals surface area (Å²) in [5.74, 6) is -1.18. The Bertz CT molecular complexity index is 553. The number of hydrogen-bond donors (Lipinski definition) is 0. The highest BCUT2D eigenvalue weighted by Crippen LogP contribution is 2.36. The molecule has 0 spiro atoms. The summed E-state index contributed by atoms with van der Waals surface area (Å²) in [6.45, 7) is 9.34. The zero-order valence-corrected chi connectivity index (χ0v) is 12.4. The number of rotatable bonds is 2. The van der Waals surface area contributed by atoms with Crippen molar-refractivity contribution in [1.82, 2.24) is 4.98 Å². The second-order valence-electron chi connectivity index (χ2n) is 6.06. The van der Waals surface area contributed by atoms with Crippen molar-refractivity contribution >= 4 is 12.7 Å². The molecule has 0 saturated carbocycles. The summed E-state index contributed by atoms with van der Waals surface area (Å²) in [6, 6.07) is 5.21. The lowest BCUT2D eigenvalue weighted by atomic mass is 9.83. The molecule has 1 aromatic rings. The molecule has 1 saturated heterocycles. The van der Waals surface area contributed by atoms with E-state index in [1.807, 2.05) is 33.8 Å². The highest BCUT2D eigenvalue weighted by Gasteiger charge is 2.52. The van der Waals surface area contributed by atoms with Crippen molar-refractivity contribution < 1.29 is 13.7 Å². The first-order chi connectivity index (χ1) is 9.18. The fraction of sp³-hybridized carbons (Fsp3) is 0.571. The molecule has 6 heteroatoms. The predicted octanol–water partition coefficient (Wildman–Crippen LogP) is 2.15. The van der Waals surface area contributed by atoms with Gasteiger partial charge in [-0.1, -0.05) is 6.07 Å². The normalized spacial score (nSPS) is 21.6. The Morgan fingerprint density at radius 1 is 1.25 bits per heavy atom. The molecule has 106 valence electrons. The summed E-state index contributed by atoms with van der Waals surface area (Å²) in [5, 5.41) is 8.84. The second-order valence-corrected chi connectivity index (χ2v) is 6.06. The maximum absolute atomic E-state index is 14.0. The van der Waals surface area contributed by atoms with E-state index in [1.165, 1.54) is 0 Å². The molecule has 1 atom stereocenters. The number of aromatic nitrogens is 1. The Labute approximate surface area is 119 Å². The molecule has 0 radical (unpaired) electrons. The largest absolute Gasteiger partial charge is 0.514 e. The number of nitriles is 1. The van der Waals surface area contributed by atoms with Gasteiger partial charge < -0.3 is 9.31 Å². The van der Waals surface area contributed by atoms with Crippen LogP contribution >= 0.6 is 0 Å². The summed E-state index contributed by atoms with van der Waals surface area (Å²) >= 11 is 0. The van der Waals surface area contributed by atoms with E-state index in [9.17, 15) is 4.39 Å². The van der Waals surface area contributed by atoms with Gasteiger partial charge in [0.15, 0.2) is 0 Å². The smallest absolute Gasteiger partial charge is 0.398 e. The molecule has 2 heterocycles. The van der Waals surface area contributed by atoms with Crippen LogP contribution in [-0.2, 0) is 9.31 Å². The van der Waals surface area contributed by atoms with Crippen LogP contribution in [0.3, 0.4) is 0 Å². The van der Waals surface area contributed by atoms with Gasteiger partial charge >= 0.3 is 7.12 Å². The highest BCUT2D eigenvalue weighted by atomic mass is 19.1. The van der Waals surface area contributed by atoms with Gasteiger partial charge in [0.2, 0.25) is 5.95 Å². The van der Waals surface area contributed by atoms with Crippen LogP contribution in [-0.4, -0.2) is 23.3 Å². The third-order valence-electron chi connectivity index (χ3n) is 4.05. The summed E-state index contributed by atoms with van der Waals surface area (Å²) in [4.78, 5) is 3.89. The number of nitrogens with zero attached hydrogens (tertiary/aromatic N) is 2. The van der Waals surface area contributed by atoms with Gasteiger partial charge in [0.25, 0.3) is 0 Å². The maximum atomic E-state index is 14.0. The molecule has 1 aliphatic rings. The van der Waals surface area contributed by atoms with Crippen LogP contribution in [0.4, 0.5) is 4.39 Å². The van der Waals surface area contributed by atoms with Crippen molar-refractivity contribution in [3.8, 4) is 6.07 Å². The molecule has 0 aromatic carbocycles. The first kappa shape index (κ1) is 15.0. The molecule has 1 fully saturated rings. The van der Waals surface area contributed by atoms with Crippen LogP contribution in [0.25, 0.3) is 0 Å². The highest BCUT2D eigenvalue weighted by molar-refractivity contribution is 6.61. The standard InChI is InChI=1S/C14H18BFN2O2/c1-9(8-17)10-6-7-11(18-12(10)16)15-19-13(2,3)14(4,5)20-15/h6-7,9H,1-5H3. The lowest BCUT2D eigenvalue weighted by Gasteiger charge is -2.32. The molecule has 20 heavy (non-hydrogen) atoms. The lowest BCUT2D eigenvalue weighted by molar-refractivity contribution is 0.00578. The lowest BCUT2D eigenvalue weighted by Crippen LogP contribution is -2.41. The molecule has 1 unspecified atom stereocenters. The topological polar surface area (TPSA) is 55.1 Å². The van der Waals surface area contributed by atoms with E-state index in [0.717, 1.165) is 0 Å². The van der Waals surface area contributed by atoms with Crippen molar-refractivity contribution in [2.24, 2.45) is 0 Å². The molecule has 2 rings (SSSR count). The van der Waals surface area contributed by atoms with Gasteiger partial charge in [-0.25, -0.2) is 4.98 Å². The van der Waals surface area contributed by atoms with Crippen LogP contribution in [0, 0.1) is 17.3 Å². The first-order valence-corrected chi connectivity index (χ1v) is 6.59. The Hall–Kier alpha value is -1.45. The van der Waals surface area contributed by atoms with Gasteiger partial charge in [0, 0.05) is 5.56 Å². The van der Waals surface area contributed by atoms with E-state index < -0.39 is 30.2 Å². The fourth-order valence-corrected chi connectivity index (χ4v) is 1.95. The van der Waals surface area contributed by atoms with Gasteiger partial charge in [0.05, 0.1) is 28.8 Å². The molecule has 1 aromatic heterocycles. The Balaban J connectivity index is 2.29. The van der Waals surface area contributed by atoms with Crippen LogP contribution in [0.15, 0.2) is 12.1 Å². The summed E-state index contributed by atoms with van der Waals surface area (Å²) in [7, 11) is -0.694. The minimum Gasteiger partial charge on any atom is -0.398 e. The summed E-state index contributed by atoms with van der Waals surface area (Å²) in [6.07, 6.45) is 0. The molecule has 1 aliphatic heterocycles. The molecule has 0 bridgehead atoms. The van der Waals surface area contributed by atoms with Crippen LogP contribution in [0.2, 0.25) is 0 Å². The zero-order valence-electron chi connectivity index (χ0n) is 12.4. The summed E-state index contributed by atoms with van der Waals surface area (Å²) in [5.41, 5.74) is -0.314. The predicted molar refractivity (Wildman–Crippen MR) is 73.9 cm³/mol. The molecular formula is C14H18BFN2O2. The SMILES string of the molecule is CC(C#N)c1ccc(B2OC(C)(C)C(C)(C)O2)nc1F. The van der Waals surface area contributed by atoms with Gasteiger partial charge in [-0.15, -0.1) is 0 Å². The molecule has 0 N–H and O–H groups in total. The molecule has 4 nitrogen and oxygen atoms in total. The average Bonchev–Trinajstić information content (AvgIpc) is 2.57. The van der Waals surface area contributed by atoms with E-state index in [2.05, 4.69) is 4.98 Å². The van der Waals surface area contributed by atoms with E-state index in [-0.39, 0.29) is 5.56 Å². The van der Waals surface area contributed by atoms with Gasteiger partial charge in [-0.2, -0.15) is 9.65 Å². The van der Waals surface area contributed by atoms with E-state index >= 15 is 0 Å². The van der Waals surface area contributed by atoms with Gasteiger partial charge in [-0.05, 0) is 40.7 Å².